The molecule has 9 heteroatoms. The van der Waals surface area contributed by atoms with Crippen LogP contribution in [0, 0.1) is 0 Å². The molecule has 0 aliphatic carbocycles. The van der Waals surface area contributed by atoms with Crippen molar-refractivity contribution in [1.29, 1.82) is 0 Å². The quantitative estimate of drug-likeness (QED) is 0.692. The van der Waals surface area contributed by atoms with E-state index in [0.29, 0.717) is 37.2 Å². The maximum Gasteiger partial charge on any atom is 0.254 e. The van der Waals surface area contributed by atoms with E-state index in [9.17, 15) is 9.59 Å². The lowest BCUT2D eigenvalue weighted by atomic mass is 9.87. The number of carbonyl (C=O) groups excluding carboxylic acids is 2. The number of nitrogen functional groups attached to an aromatic ring is 1. The van der Waals surface area contributed by atoms with E-state index in [4.69, 9.17) is 11.5 Å². The number of rotatable bonds is 2. The van der Waals surface area contributed by atoms with E-state index >= 15 is 0 Å². The summed E-state index contributed by atoms with van der Waals surface area (Å²) in [4.78, 5) is 39.1. The van der Waals surface area contributed by atoms with Gasteiger partial charge in [-0.3, -0.25) is 14.9 Å². The van der Waals surface area contributed by atoms with Crippen LogP contribution < -0.4 is 16.8 Å². The second kappa shape index (κ2) is 6.35. The summed E-state index contributed by atoms with van der Waals surface area (Å²) in [5.74, 6) is 0.0522. The van der Waals surface area contributed by atoms with Crippen molar-refractivity contribution in [3.63, 3.8) is 0 Å². The number of aliphatic imine (C=N–C) groups is 1. The van der Waals surface area contributed by atoms with E-state index in [0.717, 1.165) is 5.56 Å². The smallest absolute Gasteiger partial charge is 0.254 e. The summed E-state index contributed by atoms with van der Waals surface area (Å²) in [6.07, 6.45) is 2.48. The third kappa shape index (κ3) is 3.07. The van der Waals surface area contributed by atoms with Crippen LogP contribution in [0.2, 0.25) is 0 Å². The van der Waals surface area contributed by atoms with E-state index in [1.54, 1.807) is 29.3 Å². The number of nitrogens with one attached hydrogen (secondary N) is 1. The van der Waals surface area contributed by atoms with Crippen LogP contribution in [0.3, 0.4) is 0 Å². The molecule has 2 aromatic rings. The number of anilines is 1. The molecular formula is C18H19N7O2. The standard InChI is InChI=1S/C18H19N7O2/c19-16-21-7-4-13(22-16)11-2-1-3-12(10-11)14(26)25-8-5-18(6-9-25)15(27)23-17(20)24-18/h1-4,7,10H,5-6,8-9H2,(H2,19,21,22)(H3,20,23,24,27). The molecule has 2 aliphatic rings. The van der Waals surface area contributed by atoms with Gasteiger partial charge in [0.1, 0.15) is 5.54 Å². The van der Waals surface area contributed by atoms with Gasteiger partial charge in [-0.15, -0.1) is 0 Å². The molecule has 0 radical (unpaired) electrons. The van der Waals surface area contributed by atoms with Crippen LogP contribution >= 0.6 is 0 Å². The monoisotopic (exact) mass is 365 g/mol. The first-order valence-electron chi connectivity index (χ1n) is 8.62. The Bertz CT molecular complexity index is 948. The Labute approximate surface area is 155 Å². The highest BCUT2D eigenvalue weighted by Gasteiger charge is 2.46. The third-order valence-electron chi connectivity index (χ3n) is 4.96. The van der Waals surface area contributed by atoms with Crippen molar-refractivity contribution in [2.75, 3.05) is 18.8 Å². The Morgan fingerprint density at radius 1 is 1.19 bits per heavy atom. The van der Waals surface area contributed by atoms with Crippen LogP contribution in [0.5, 0.6) is 0 Å². The Hall–Kier alpha value is -3.49. The maximum absolute atomic E-state index is 12.9. The lowest BCUT2D eigenvalue weighted by Gasteiger charge is -2.35. The number of guanidine groups is 1. The normalized spacial score (nSPS) is 18.3. The summed E-state index contributed by atoms with van der Waals surface area (Å²) in [6, 6.07) is 8.96. The zero-order chi connectivity index (χ0) is 19.0. The number of likely N-dealkylation sites (tertiary alicyclic amines) is 1. The number of carbonyl (C=O) groups is 2. The Morgan fingerprint density at radius 3 is 2.63 bits per heavy atom. The zero-order valence-corrected chi connectivity index (χ0v) is 14.6. The van der Waals surface area contributed by atoms with E-state index in [2.05, 4.69) is 20.3 Å². The van der Waals surface area contributed by atoms with Gasteiger partial charge in [0.25, 0.3) is 11.8 Å². The van der Waals surface area contributed by atoms with Crippen LogP contribution in [0.15, 0.2) is 41.5 Å². The summed E-state index contributed by atoms with van der Waals surface area (Å²) in [6.45, 7) is 0.876. The van der Waals surface area contributed by atoms with Crippen molar-refractivity contribution in [2.24, 2.45) is 10.7 Å². The van der Waals surface area contributed by atoms with Crippen molar-refractivity contribution >= 4 is 23.7 Å². The van der Waals surface area contributed by atoms with Gasteiger partial charge in [0.05, 0.1) is 5.69 Å². The molecule has 3 heterocycles. The Morgan fingerprint density at radius 2 is 1.96 bits per heavy atom. The Kier molecular flexibility index (Phi) is 3.98. The lowest BCUT2D eigenvalue weighted by Crippen LogP contribution is -2.50. The average Bonchev–Trinajstić information content (AvgIpc) is 2.95. The van der Waals surface area contributed by atoms with Gasteiger partial charge in [0, 0.05) is 30.4 Å². The highest BCUT2D eigenvalue weighted by molar-refractivity contribution is 6.07. The molecule has 0 atom stereocenters. The molecule has 1 spiro atoms. The topological polar surface area (TPSA) is 140 Å². The molecule has 9 nitrogen and oxygen atoms in total. The average molecular weight is 365 g/mol. The number of aromatic nitrogens is 2. The van der Waals surface area contributed by atoms with E-state index in [1.165, 1.54) is 0 Å². The molecule has 2 amide bonds. The molecule has 1 aromatic carbocycles. The van der Waals surface area contributed by atoms with Gasteiger partial charge in [0.2, 0.25) is 5.95 Å². The molecule has 4 rings (SSSR count). The summed E-state index contributed by atoms with van der Waals surface area (Å²) in [5.41, 5.74) is 12.4. The molecule has 0 saturated carbocycles. The summed E-state index contributed by atoms with van der Waals surface area (Å²) < 4.78 is 0. The number of hydrogen-bond acceptors (Lipinski definition) is 7. The number of benzene rings is 1. The van der Waals surface area contributed by atoms with E-state index < -0.39 is 5.54 Å². The van der Waals surface area contributed by atoms with Crippen molar-refractivity contribution in [3.8, 4) is 11.3 Å². The molecule has 138 valence electrons. The van der Waals surface area contributed by atoms with Crippen molar-refractivity contribution < 1.29 is 9.59 Å². The summed E-state index contributed by atoms with van der Waals surface area (Å²) in [5, 5.41) is 2.55. The number of nitrogens with two attached hydrogens (primary N) is 2. The molecule has 1 fully saturated rings. The number of hydrogen-bond donors (Lipinski definition) is 3. The van der Waals surface area contributed by atoms with Crippen LogP contribution in [0.25, 0.3) is 11.3 Å². The molecule has 1 saturated heterocycles. The van der Waals surface area contributed by atoms with Crippen molar-refractivity contribution in [3.05, 3.63) is 42.1 Å². The highest BCUT2D eigenvalue weighted by atomic mass is 16.2. The number of amides is 2. The second-order valence-electron chi connectivity index (χ2n) is 6.66. The van der Waals surface area contributed by atoms with Gasteiger partial charge in [-0.05, 0) is 31.0 Å². The number of piperidine rings is 1. The van der Waals surface area contributed by atoms with Gasteiger partial charge in [-0.25, -0.2) is 15.0 Å². The van der Waals surface area contributed by atoms with Crippen molar-refractivity contribution in [2.45, 2.75) is 18.4 Å². The van der Waals surface area contributed by atoms with E-state index in [-0.39, 0.29) is 23.7 Å². The SMILES string of the molecule is NC1=NC2(CCN(C(=O)c3cccc(-c4ccnc(N)n4)c3)CC2)C(=O)N1. The predicted molar refractivity (Wildman–Crippen MR) is 99.5 cm³/mol. The fourth-order valence-electron chi connectivity index (χ4n) is 3.49. The molecule has 27 heavy (non-hydrogen) atoms. The number of nitrogens with zero attached hydrogens (tertiary/aromatic N) is 4. The van der Waals surface area contributed by atoms with Gasteiger partial charge >= 0.3 is 0 Å². The first-order chi connectivity index (χ1) is 13.0. The second-order valence-corrected chi connectivity index (χ2v) is 6.66. The van der Waals surface area contributed by atoms with Gasteiger partial charge in [0.15, 0.2) is 5.96 Å². The third-order valence-corrected chi connectivity index (χ3v) is 4.96. The first kappa shape index (κ1) is 17.0. The minimum absolute atomic E-state index is 0.0934. The zero-order valence-electron chi connectivity index (χ0n) is 14.6. The van der Waals surface area contributed by atoms with E-state index in [1.807, 2.05) is 12.1 Å². The fraction of sp³-hybridized carbons (Fsp3) is 0.278. The van der Waals surface area contributed by atoms with Crippen molar-refractivity contribution in [1.82, 2.24) is 20.2 Å². The molecule has 0 unspecified atom stereocenters. The molecule has 2 aliphatic heterocycles. The highest BCUT2D eigenvalue weighted by Crippen LogP contribution is 2.30. The molecular weight excluding hydrogens is 346 g/mol. The maximum atomic E-state index is 12.9. The van der Waals surface area contributed by atoms with Crippen LogP contribution in [0.1, 0.15) is 23.2 Å². The van der Waals surface area contributed by atoms with Crippen LogP contribution in [-0.4, -0.2) is 51.3 Å². The first-order valence-corrected chi connectivity index (χ1v) is 8.62. The minimum Gasteiger partial charge on any atom is -0.370 e. The van der Waals surface area contributed by atoms with Gasteiger partial charge < -0.3 is 16.4 Å². The summed E-state index contributed by atoms with van der Waals surface area (Å²) >= 11 is 0. The Balaban J connectivity index is 1.51. The predicted octanol–water partition coefficient (Wildman–Crippen LogP) is 0.145. The lowest BCUT2D eigenvalue weighted by molar-refractivity contribution is -0.125. The fourth-order valence-corrected chi connectivity index (χ4v) is 3.49. The molecule has 1 aromatic heterocycles. The van der Waals surface area contributed by atoms with Gasteiger partial charge in [-0.2, -0.15) is 0 Å². The minimum atomic E-state index is -0.832. The van der Waals surface area contributed by atoms with Crippen LogP contribution in [0.4, 0.5) is 5.95 Å². The molecule has 5 N–H and O–H groups in total. The largest absolute Gasteiger partial charge is 0.370 e. The van der Waals surface area contributed by atoms with Gasteiger partial charge in [-0.1, -0.05) is 12.1 Å². The van der Waals surface area contributed by atoms with Crippen LogP contribution in [-0.2, 0) is 4.79 Å². The molecule has 0 bridgehead atoms. The summed E-state index contributed by atoms with van der Waals surface area (Å²) in [7, 11) is 0.